The van der Waals surface area contributed by atoms with E-state index in [-0.39, 0.29) is 12.5 Å². The van der Waals surface area contributed by atoms with Crippen LogP contribution in [-0.2, 0) is 17.9 Å². The number of halogens is 1. The topological polar surface area (TPSA) is 64.2 Å². The summed E-state index contributed by atoms with van der Waals surface area (Å²) in [6.45, 7) is 0.736. The lowest BCUT2D eigenvalue weighted by Gasteiger charge is -2.16. The molecule has 2 aromatic rings. The number of hydrogen-bond donors (Lipinski definition) is 1. The van der Waals surface area contributed by atoms with Crippen molar-refractivity contribution in [3.05, 3.63) is 33.7 Å². The van der Waals surface area contributed by atoms with E-state index in [2.05, 4.69) is 5.10 Å². The Morgan fingerprint density at radius 2 is 2.39 bits per heavy atom. The molecule has 0 aromatic carbocycles. The van der Waals surface area contributed by atoms with Gasteiger partial charge in [-0.3, -0.25) is 9.48 Å². The van der Waals surface area contributed by atoms with Crippen molar-refractivity contribution in [1.29, 1.82) is 0 Å². The smallest absolute Gasteiger partial charge is 0.244 e. The Hall–Kier alpha value is -1.53. The molecule has 2 N–H and O–H groups in total. The summed E-state index contributed by atoms with van der Waals surface area (Å²) in [6, 6.07) is 3.75. The Labute approximate surface area is 114 Å². The van der Waals surface area contributed by atoms with Gasteiger partial charge in [0.05, 0.1) is 22.8 Å². The minimum Gasteiger partial charge on any atom is -0.396 e. The van der Waals surface area contributed by atoms with Crippen LogP contribution in [-0.4, -0.2) is 27.6 Å². The Balaban J connectivity index is 1.92. The highest BCUT2D eigenvalue weighted by Gasteiger charge is 2.11. The molecule has 0 saturated heterocycles. The van der Waals surface area contributed by atoms with Crippen molar-refractivity contribution in [2.45, 2.75) is 13.1 Å². The van der Waals surface area contributed by atoms with E-state index >= 15 is 0 Å². The molecule has 0 aliphatic carbocycles. The highest BCUT2D eigenvalue weighted by atomic mass is 35.5. The molecule has 2 aromatic heterocycles. The lowest BCUT2D eigenvalue weighted by molar-refractivity contribution is -0.131. The summed E-state index contributed by atoms with van der Waals surface area (Å²) in [5.41, 5.74) is 6.09. The molecule has 0 bridgehead atoms. The van der Waals surface area contributed by atoms with E-state index in [4.69, 9.17) is 17.3 Å². The van der Waals surface area contributed by atoms with Gasteiger partial charge in [-0.05, 0) is 12.1 Å². The van der Waals surface area contributed by atoms with E-state index in [0.717, 1.165) is 9.21 Å². The maximum atomic E-state index is 11.9. The van der Waals surface area contributed by atoms with Gasteiger partial charge in [0, 0.05) is 18.1 Å². The van der Waals surface area contributed by atoms with Crippen molar-refractivity contribution in [2.24, 2.45) is 0 Å². The van der Waals surface area contributed by atoms with Crippen LogP contribution in [0, 0.1) is 0 Å². The van der Waals surface area contributed by atoms with Crippen LogP contribution in [0.2, 0.25) is 4.34 Å². The van der Waals surface area contributed by atoms with Gasteiger partial charge in [-0.25, -0.2) is 0 Å². The molecule has 0 radical (unpaired) electrons. The number of rotatable bonds is 4. The molecule has 0 atom stereocenters. The van der Waals surface area contributed by atoms with E-state index in [1.165, 1.54) is 22.2 Å². The first-order chi connectivity index (χ1) is 8.54. The van der Waals surface area contributed by atoms with Gasteiger partial charge in [0.2, 0.25) is 5.91 Å². The van der Waals surface area contributed by atoms with Gasteiger partial charge >= 0.3 is 0 Å². The number of nitrogen functional groups attached to an aromatic ring is 1. The SMILES string of the molecule is CN(Cc1ccc(Cl)s1)C(=O)Cn1cc(N)cn1. The van der Waals surface area contributed by atoms with Crippen molar-refractivity contribution in [3.63, 3.8) is 0 Å². The fourth-order valence-corrected chi connectivity index (χ4v) is 2.63. The molecule has 5 nitrogen and oxygen atoms in total. The molecule has 18 heavy (non-hydrogen) atoms. The molecule has 0 fully saturated rings. The molecule has 96 valence electrons. The summed E-state index contributed by atoms with van der Waals surface area (Å²) in [5, 5.41) is 3.97. The standard InChI is InChI=1S/C11H13ClN4OS/c1-15(6-9-2-3-10(12)18-9)11(17)7-16-5-8(13)4-14-16/h2-5H,6-7,13H2,1H3. The average Bonchev–Trinajstić information content (AvgIpc) is 2.88. The van der Waals surface area contributed by atoms with Crippen LogP contribution < -0.4 is 5.73 Å². The van der Waals surface area contributed by atoms with Gasteiger partial charge in [0.1, 0.15) is 6.54 Å². The molecule has 0 unspecified atom stereocenters. The minimum absolute atomic E-state index is 0.0253. The summed E-state index contributed by atoms with van der Waals surface area (Å²) in [6.07, 6.45) is 3.15. The number of anilines is 1. The third-order valence-electron chi connectivity index (χ3n) is 2.40. The molecule has 1 amide bonds. The van der Waals surface area contributed by atoms with E-state index in [0.29, 0.717) is 12.2 Å². The number of thiophene rings is 1. The monoisotopic (exact) mass is 284 g/mol. The fourth-order valence-electron chi connectivity index (χ4n) is 1.48. The van der Waals surface area contributed by atoms with Crippen molar-refractivity contribution >= 4 is 34.5 Å². The summed E-state index contributed by atoms with van der Waals surface area (Å²) in [5.74, 6) is -0.0253. The van der Waals surface area contributed by atoms with Crippen LogP contribution in [0.15, 0.2) is 24.5 Å². The van der Waals surface area contributed by atoms with E-state index in [9.17, 15) is 4.79 Å². The molecule has 0 spiro atoms. The number of carbonyl (C=O) groups excluding carboxylic acids is 1. The highest BCUT2D eigenvalue weighted by molar-refractivity contribution is 7.16. The zero-order valence-corrected chi connectivity index (χ0v) is 11.4. The normalized spacial score (nSPS) is 10.6. The fraction of sp³-hybridized carbons (Fsp3) is 0.273. The van der Waals surface area contributed by atoms with E-state index in [1.54, 1.807) is 18.1 Å². The van der Waals surface area contributed by atoms with Crippen molar-refractivity contribution in [2.75, 3.05) is 12.8 Å². The van der Waals surface area contributed by atoms with Crippen LogP contribution in [0.1, 0.15) is 4.88 Å². The molecular weight excluding hydrogens is 272 g/mol. The maximum Gasteiger partial charge on any atom is 0.244 e. The summed E-state index contributed by atoms with van der Waals surface area (Å²) in [4.78, 5) is 14.6. The van der Waals surface area contributed by atoms with Crippen LogP contribution in [0.5, 0.6) is 0 Å². The zero-order valence-electron chi connectivity index (χ0n) is 9.84. The number of hydrogen-bond acceptors (Lipinski definition) is 4. The van der Waals surface area contributed by atoms with Gasteiger partial charge in [-0.1, -0.05) is 11.6 Å². The quantitative estimate of drug-likeness (QED) is 0.932. The molecule has 0 aliphatic heterocycles. The third-order valence-corrected chi connectivity index (χ3v) is 3.61. The van der Waals surface area contributed by atoms with E-state index < -0.39 is 0 Å². The second-order valence-corrected chi connectivity index (χ2v) is 5.73. The van der Waals surface area contributed by atoms with Gasteiger partial charge in [0.15, 0.2) is 0 Å². The van der Waals surface area contributed by atoms with Crippen LogP contribution in [0.25, 0.3) is 0 Å². The number of amides is 1. The summed E-state index contributed by atoms with van der Waals surface area (Å²) in [7, 11) is 1.75. The molecule has 2 rings (SSSR count). The Morgan fingerprint density at radius 1 is 1.61 bits per heavy atom. The number of likely N-dealkylation sites (N-methyl/N-ethyl adjacent to an activating group) is 1. The molecule has 2 heterocycles. The number of carbonyl (C=O) groups is 1. The number of nitrogens with two attached hydrogens (primary N) is 1. The molecule has 0 aliphatic rings. The predicted octanol–water partition coefficient (Wildman–Crippen LogP) is 1.84. The van der Waals surface area contributed by atoms with Crippen molar-refractivity contribution in [1.82, 2.24) is 14.7 Å². The molecule has 7 heteroatoms. The second-order valence-electron chi connectivity index (χ2n) is 3.93. The zero-order chi connectivity index (χ0) is 13.1. The van der Waals surface area contributed by atoms with Gasteiger partial charge in [-0.2, -0.15) is 5.10 Å². The predicted molar refractivity (Wildman–Crippen MR) is 72.4 cm³/mol. The van der Waals surface area contributed by atoms with Crippen LogP contribution >= 0.6 is 22.9 Å². The molecule has 0 saturated carbocycles. The average molecular weight is 285 g/mol. The minimum atomic E-state index is -0.0253. The lowest BCUT2D eigenvalue weighted by atomic mass is 10.4. The lowest BCUT2D eigenvalue weighted by Crippen LogP contribution is -2.29. The first-order valence-corrected chi connectivity index (χ1v) is 6.50. The van der Waals surface area contributed by atoms with Gasteiger partial charge in [0.25, 0.3) is 0 Å². The first-order valence-electron chi connectivity index (χ1n) is 5.30. The maximum absolute atomic E-state index is 11.9. The van der Waals surface area contributed by atoms with Crippen molar-refractivity contribution < 1.29 is 4.79 Å². The Morgan fingerprint density at radius 3 is 2.94 bits per heavy atom. The van der Waals surface area contributed by atoms with Gasteiger partial charge in [-0.15, -0.1) is 11.3 Å². The summed E-state index contributed by atoms with van der Waals surface area (Å²) < 4.78 is 2.25. The highest BCUT2D eigenvalue weighted by Crippen LogP contribution is 2.22. The second kappa shape index (κ2) is 5.41. The van der Waals surface area contributed by atoms with Crippen LogP contribution in [0.3, 0.4) is 0 Å². The largest absolute Gasteiger partial charge is 0.396 e. The third kappa shape index (κ3) is 3.24. The van der Waals surface area contributed by atoms with Gasteiger partial charge < -0.3 is 10.6 Å². The number of aromatic nitrogens is 2. The first kappa shape index (κ1) is 12.9. The Kier molecular flexibility index (Phi) is 3.88. The summed E-state index contributed by atoms with van der Waals surface area (Å²) >= 11 is 7.32. The van der Waals surface area contributed by atoms with Crippen LogP contribution in [0.4, 0.5) is 5.69 Å². The Bertz CT molecular complexity index is 551. The number of nitrogens with zero attached hydrogens (tertiary/aromatic N) is 3. The van der Waals surface area contributed by atoms with Crippen molar-refractivity contribution in [3.8, 4) is 0 Å². The van der Waals surface area contributed by atoms with E-state index in [1.807, 2.05) is 12.1 Å². The molecular formula is C11H13ClN4OS.